The molecule has 2 heterocycles. The zero-order chi connectivity index (χ0) is 10.5. The van der Waals surface area contributed by atoms with Gasteiger partial charge in [-0.05, 0) is 31.1 Å². The summed E-state index contributed by atoms with van der Waals surface area (Å²) in [5.41, 5.74) is 0.00460. The summed E-state index contributed by atoms with van der Waals surface area (Å²) in [7, 11) is 0. The van der Waals surface area contributed by atoms with Crippen LogP contribution in [-0.2, 0) is 9.53 Å². The van der Waals surface area contributed by atoms with Crippen molar-refractivity contribution in [1.82, 2.24) is 4.90 Å². The lowest BCUT2D eigenvalue weighted by atomic mass is 9.88. The highest BCUT2D eigenvalue weighted by molar-refractivity contribution is 6.27. The Bertz CT molecular complexity index is 296. The van der Waals surface area contributed by atoms with Crippen LogP contribution in [0, 0.1) is 11.8 Å². The maximum atomic E-state index is 11.6. The van der Waals surface area contributed by atoms with Crippen LogP contribution in [0.5, 0.6) is 0 Å². The summed E-state index contributed by atoms with van der Waals surface area (Å²) >= 11 is 5.60. The number of hydrogen-bond acceptors (Lipinski definition) is 2. The van der Waals surface area contributed by atoms with Crippen LogP contribution >= 0.6 is 11.6 Å². The highest BCUT2D eigenvalue weighted by Gasteiger charge is 2.60. The number of nitrogens with zero attached hydrogens (tertiary/aromatic N) is 1. The van der Waals surface area contributed by atoms with E-state index in [9.17, 15) is 4.79 Å². The first-order chi connectivity index (χ1) is 7.25. The van der Waals surface area contributed by atoms with Crippen LogP contribution in [0.4, 0.5) is 0 Å². The van der Waals surface area contributed by atoms with Gasteiger partial charge >= 0.3 is 0 Å². The summed E-state index contributed by atoms with van der Waals surface area (Å²) in [6.07, 6.45) is 3.50. The highest BCUT2D eigenvalue weighted by Crippen LogP contribution is 2.56. The normalized spacial score (nSPS) is 43.1. The van der Waals surface area contributed by atoms with E-state index >= 15 is 0 Å². The Balaban J connectivity index is 1.73. The Kier molecular flexibility index (Phi) is 2.22. The largest absolute Gasteiger partial charge is 0.373 e. The topological polar surface area (TPSA) is 29.5 Å². The van der Waals surface area contributed by atoms with Crippen molar-refractivity contribution in [2.75, 3.05) is 25.6 Å². The first kappa shape index (κ1) is 9.91. The lowest BCUT2D eigenvalue weighted by Gasteiger charge is -2.41. The van der Waals surface area contributed by atoms with Crippen molar-refractivity contribution in [3.05, 3.63) is 0 Å². The standard InChI is InChI=1S/C11H16ClNO2/c12-5-10(14)13-3-1-2-11(7-13)9-4-8(9)6-15-11/h8-9H,1-7H2/t8-,9-,11?/m0/s1. The summed E-state index contributed by atoms with van der Waals surface area (Å²) in [4.78, 5) is 13.5. The maximum Gasteiger partial charge on any atom is 0.237 e. The van der Waals surface area contributed by atoms with Gasteiger partial charge in [-0.3, -0.25) is 4.79 Å². The fourth-order valence-electron chi connectivity index (χ4n) is 3.22. The summed E-state index contributed by atoms with van der Waals surface area (Å²) in [5, 5.41) is 0. The number of fused-ring (bicyclic) bond motifs is 2. The van der Waals surface area contributed by atoms with Crippen LogP contribution in [-0.4, -0.2) is 42.0 Å². The van der Waals surface area contributed by atoms with E-state index in [1.54, 1.807) is 0 Å². The molecule has 4 heteroatoms. The van der Waals surface area contributed by atoms with E-state index in [0.717, 1.165) is 44.4 Å². The average Bonchev–Trinajstić information content (AvgIpc) is 3.00. The van der Waals surface area contributed by atoms with E-state index in [1.807, 2.05) is 4.90 Å². The van der Waals surface area contributed by atoms with E-state index < -0.39 is 0 Å². The van der Waals surface area contributed by atoms with Crippen LogP contribution < -0.4 is 0 Å². The van der Waals surface area contributed by atoms with Gasteiger partial charge in [0.15, 0.2) is 0 Å². The Morgan fingerprint density at radius 2 is 2.47 bits per heavy atom. The molecular weight excluding hydrogens is 214 g/mol. The van der Waals surface area contributed by atoms with Gasteiger partial charge in [-0.25, -0.2) is 0 Å². The van der Waals surface area contributed by atoms with Gasteiger partial charge < -0.3 is 9.64 Å². The molecule has 2 saturated heterocycles. The van der Waals surface area contributed by atoms with Gasteiger partial charge in [0.05, 0.1) is 12.2 Å². The van der Waals surface area contributed by atoms with Crippen molar-refractivity contribution < 1.29 is 9.53 Å². The molecule has 0 aromatic rings. The molecule has 3 fully saturated rings. The molecule has 2 aliphatic heterocycles. The lowest BCUT2D eigenvalue weighted by Crippen LogP contribution is -2.52. The molecule has 0 bridgehead atoms. The second-order valence-electron chi connectivity index (χ2n) is 5.03. The molecule has 84 valence electrons. The molecule has 1 saturated carbocycles. The molecule has 0 aromatic heterocycles. The second kappa shape index (κ2) is 3.36. The van der Waals surface area contributed by atoms with Crippen molar-refractivity contribution in [3.8, 4) is 0 Å². The van der Waals surface area contributed by atoms with Crippen molar-refractivity contribution in [2.24, 2.45) is 11.8 Å². The number of halogens is 1. The first-order valence-corrected chi connectivity index (χ1v) is 6.26. The van der Waals surface area contributed by atoms with Gasteiger partial charge in [0.1, 0.15) is 5.88 Å². The summed E-state index contributed by atoms with van der Waals surface area (Å²) in [6.45, 7) is 2.54. The van der Waals surface area contributed by atoms with Gasteiger partial charge in [-0.15, -0.1) is 11.6 Å². The third-order valence-electron chi connectivity index (χ3n) is 4.14. The molecule has 1 spiro atoms. The molecule has 0 aromatic carbocycles. The smallest absolute Gasteiger partial charge is 0.237 e. The molecule has 1 unspecified atom stereocenters. The van der Waals surface area contributed by atoms with Crippen LogP contribution in [0.3, 0.4) is 0 Å². The van der Waals surface area contributed by atoms with Crippen molar-refractivity contribution in [1.29, 1.82) is 0 Å². The number of hydrogen-bond donors (Lipinski definition) is 0. The third kappa shape index (κ3) is 1.48. The van der Waals surface area contributed by atoms with Gasteiger partial charge in [0.2, 0.25) is 5.91 Å². The molecule has 0 radical (unpaired) electrons. The Morgan fingerprint density at radius 1 is 1.60 bits per heavy atom. The SMILES string of the molecule is O=C(CCl)N1CCCC2(C1)OC[C@@H]1C[C@@H]12. The minimum Gasteiger partial charge on any atom is -0.373 e. The number of carbonyl (C=O) groups is 1. The van der Waals surface area contributed by atoms with Crippen LogP contribution in [0.1, 0.15) is 19.3 Å². The Labute approximate surface area is 94.7 Å². The van der Waals surface area contributed by atoms with Crippen molar-refractivity contribution in [3.63, 3.8) is 0 Å². The fraction of sp³-hybridized carbons (Fsp3) is 0.909. The molecule has 3 aliphatic rings. The average molecular weight is 230 g/mol. The van der Waals surface area contributed by atoms with E-state index in [-0.39, 0.29) is 17.4 Å². The van der Waals surface area contributed by atoms with Gasteiger partial charge in [0.25, 0.3) is 0 Å². The van der Waals surface area contributed by atoms with E-state index in [4.69, 9.17) is 16.3 Å². The molecule has 15 heavy (non-hydrogen) atoms. The second-order valence-corrected chi connectivity index (χ2v) is 5.30. The number of likely N-dealkylation sites (tertiary alicyclic amines) is 1. The number of rotatable bonds is 1. The lowest BCUT2D eigenvalue weighted by molar-refractivity contribution is -0.138. The molecule has 3 rings (SSSR count). The summed E-state index contributed by atoms with van der Waals surface area (Å²) in [6, 6.07) is 0. The Hall–Kier alpha value is -0.280. The number of ether oxygens (including phenoxy) is 1. The van der Waals surface area contributed by atoms with E-state index in [0.29, 0.717) is 0 Å². The predicted octanol–water partition coefficient (Wildman–Crippen LogP) is 1.25. The maximum absolute atomic E-state index is 11.6. The monoisotopic (exact) mass is 229 g/mol. The predicted molar refractivity (Wildman–Crippen MR) is 56.8 cm³/mol. The van der Waals surface area contributed by atoms with E-state index in [2.05, 4.69) is 0 Å². The molecule has 3 atom stereocenters. The zero-order valence-electron chi connectivity index (χ0n) is 8.75. The minimum atomic E-state index is 0.00460. The number of carbonyl (C=O) groups excluding carboxylic acids is 1. The van der Waals surface area contributed by atoms with Crippen LogP contribution in [0.25, 0.3) is 0 Å². The van der Waals surface area contributed by atoms with Gasteiger partial charge in [0, 0.05) is 13.1 Å². The Morgan fingerprint density at radius 3 is 3.07 bits per heavy atom. The zero-order valence-corrected chi connectivity index (χ0v) is 9.50. The van der Waals surface area contributed by atoms with Gasteiger partial charge in [-0.1, -0.05) is 0 Å². The van der Waals surface area contributed by atoms with Crippen LogP contribution in [0.15, 0.2) is 0 Å². The summed E-state index contributed by atoms with van der Waals surface area (Å²) in [5.74, 6) is 1.67. The molecule has 0 N–H and O–H groups in total. The molecular formula is C11H16ClNO2. The minimum absolute atomic E-state index is 0.00460. The summed E-state index contributed by atoms with van der Waals surface area (Å²) < 4.78 is 5.93. The van der Waals surface area contributed by atoms with Crippen molar-refractivity contribution >= 4 is 17.5 Å². The van der Waals surface area contributed by atoms with E-state index in [1.165, 1.54) is 6.42 Å². The number of piperidine rings is 1. The third-order valence-corrected chi connectivity index (χ3v) is 4.37. The highest BCUT2D eigenvalue weighted by atomic mass is 35.5. The number of alkyl halides is 1. The first-order valence-electron chi connectivity index (χ1n) is 5.73. The molecule has 3 nitrogen and oxygen atoms in total. The van der Waals surface area contributed by atoms with Gasteiger partial charge in [-0.2, -0.15) is 0 Å². The van der Waals surface area contributed by atoms with Crippen LogP contribution in [0.2, 0.25) is 0 Å². The molecule has 1 aliphatic carbocycles. The molecule has 1 amide bonds. The number of amides is 1. The fourth-order valence-corrected chi connectivity index (χ4v) is 3.39. The van der Waals surface area contributed by atoms with Crippen molar-refractivity contribution in [2.45, 2.75) is 24.9 Å². The quantitative estimate of drug-likeness (QED) is 0.634.